The van der Waals surface area contributed by atoms with E-state index in [0.29, 0.717) is 11.8 Å². The Morgan fingerprint density at radius 2 is 2.23 bits per heavy atom. The van der Waals surface area contributed by atoms with E-state index in [1.54, 1.807) is 0 Å². The number of rotatable bonds is 3. The molecule has 4 nitrogen and oxygen atoms in total. The van der Waals surface area contributed by atoms with E-state index in [-0.39, 0.29) is 11.3 Å². The number of carboxylic acids is 1. The highest BCUT2D eigenvalue weighted by Crippen LogP contribution is 2.18. The molecule has 13 heavy (non-hydrogen) atoms. The molecule has 0 saturated heterocycles. The van der Waals surface area contributed by atoms with E-state index in [2.05, 4.69) is 0 Å². The van der Waals surface area contributed by atoms with Crippen LogP contribution in [0.5, 0.6) is 5.75 Å². The third kappa shape index (κ3) is 1.84. The van der Waals surface area contributed by atoms with Gasteiger partial charge in [-0.2, -0.15) is 0 Å². The summed E-state index contributed by atoms with van der Waals surface area (Å²) in [4.78, 5) is 21.0. The minimum Gasteiger partial charge on any atom is -0.496 e. The first-order valence-corrected chi connectivity index (χ1v) is 3.55. The van der Waals surface area contributed by atoms with Gasteiger partial charge in [-0.25, -0.2) is 4.79 Å². The van der Waals surface area contributed by atoms with Crippen LogP contribution in [0, 0.1) is 0 Å². The van der Waals surface area contributed by atoms with Gasteiger partial charge in [-0.05, 0) is 18.2 Å². The number of hydrogen-bond acceptors (Lipinski definition) is 3. The van der Waals surface area contributed by atoms with Gasteiger partial charge >= 0.3 is 5.97 Å². The molecule has 0 radical (unpaired) electrons. The van der Waals surface area contributed by atoms with Crippen LogP contribution >= 0.6 is 0 Å². The zero-order valence-corrected chi connectivity index (χ0v) is 6.98. The Kier molecular flexibility index (Phi) is 2.64. The Hall–Kier alpha value is -1.84. The number of carboxylic acid groups (broad SMARTS) is 1. The molecule has 0 fully saturated rings. The summed E-state index contributed by atoms with van der Waals surface area (Å²) in [6.45, 7) is 0. The highest BCUT2D eigenvalue weighted by Gasteiger charge is 2.07. The second-order valence-corrected chi connectivity index (χ2v) is 2.38. The first-order valence-electron chi connectivity index (χ1n) is 3.55. The first-order chi connectivity index (χ1) is 6.19. The van der Waals surface area contributed by atoms with Gasteiger partial charge in [0, 0.05) is 0 Å². The summed E-state index contributed by atoms with van der Waals surface area (Å²) in [6.07, 6.45) is 0.616. The standard InChI is InChI=1S/C9H8O4/c1-13-8-4-6(9(11)12)2-3-7(8)5-10/h2-5H,1H3,(H,11,12). The van der Waals surface area contributed by atoms with Crippen molar-refractivity contribution in [1.82, 2.24) is 0 Å². The number of carbonyl (C=O) groups is 2. The van der Waals surface area contributed by atoms with Gasteiger partial charge in [0.15, 0.2) is 6.29 Å². The summed E-state index contributed by atoms with van der Waals surface area (Å²) in [5, 5.41) is 8.62. The van der Waals surface area contributed by atoms with E-state index >= 15 is 0 Å². The third-order valence-electron chi connectivity index (χ3n) is 1.61. The Labute approximate surface area is 74.8 Å². The van der Waals surface area contributed by atoms with E-state index in [1.807, 2.05) is 0 Å². The normalized spacial score (nSPS) is 9.31. The molecule has 1 aromatic rings. The lowest BCUT2D eigenvalue weighted by Gasteiger charge is -2.03. The van der Waals surface area contributed by atoms with E-state index < -0.39 is 5.97 Å². The van der Waals surface area contributed by atoms with Crippen LogP contribution in [-0.4, -0.2) is 24.5 Å². The zero-order chi connectivity index (χ0) is 9.84. The SMILES string of the molecule is COc1cc(C(=O)O)ccc1C=O. The molecule has 0 heterocycles. The number of benzene rings is 1. The molecule has 0 atom stereocenters. The highest BCUT2D eigenvalue weighted by atomic mass is 16.5. The average molecular weight is 180 g/mol. The van der Waals surface area contributed by atoms with E-state index in [0.717, 1.165) is 0 Å². The second-order valence-electron chi connectivity index (χ2n) is 2.38. The minimum absolute atomic E-state index is 0.0995. The van der Waals surface area contributed by atoms with E-state index in [9.17, 15) is 9.59 Å². The molecular weight excluding hydrogens is 172 g/mol. The Balaban J connectivity index is 3.20. The van der Waals surface area contributed by atoms with Crippen molar-refractivity contribution in [2.75, 3.05) is 7.11 Å². The van der Waals surface area contributed by atoms with Crippen molar-refractivity contribution in [3.05, 3.63) is 29.3 Å². The van der Waals surface area contributed by atoms with Crippen molar-refractivity contribution in [1.29, 1.82) is 0 Å². The van der Waals surface area contributed by atoms with Crippen molar-refractivity contribution >= 4 is 12.3 Å². The number of carbonyl (C=O) groups excluding carboxylic acids is 1. The number of aromatic carboxylic acids is 1. The maximum Gasteiger partial charge on any atom is 0.335 e. The summed E-state index contributed by atoms with van der Waals surface area (Å²) in [5.41, 5.74) is 0.440. The molecule has 0 unspecified atom stereocenters. The maximum atomic E-state index is 10.5. The molecule has 1 aromatic carbocycles. The monoisotopic (exact) mass is 180 g/mol. The van der Waals surface area contributed by atoms with E-state index in [4.69, 9.17) is 9.84 Å². The summed E-state index contributed by atoms with van der Waals surface area (Å²) in [7, 11) is 1.38. The second kappa shape index (κ2) is 3.71. The van der Waals surface area contributed by atoms with Gasteiger partial charge < -0.3 is 9.84 Å². The van der Waals surface area contributed by atoms with E-state index in [1.165, 1.54) is 25.3 Å². The Bertz CT molecular complexity index is 343. The predicted octanol–water partition coefficient (Wildman–Crippen LogP) is 1.21. The molecule has 0 aliphatic carbocycles. The first kappa shape index (κ1) is 9.25. The van der Waals surface area contributed by atoms with Crippen molar-refractivity contribution in [2.45, 2.75) is 0 Å². The van der Waals surface area contributed by atoms with Crippen LogP contribution in [0.25, 0.3) is 0 Å². The summed E-state index contributed by atoms with van der Waals surface area (Å²) in [6, 6.07) is 4.08. The van der Waals surface area contributed by atoms with Gasteiger partial charge in [0.05, 0.1) is 18.2 Å². The Morgan fingerprint density at radius 1 is 1.54 bits per heavy atom. The van der Waals surface area contributed by atoms with Crippen molar-refractivity contribution < 1.29 is 19.4 Å². The van der Waals surface area contributed by atoms with Crippen LogP contribution in [0.3, 0.4) is 0 Å². The van der Waals surface area contributed by atoms with Crippen LogP contribution in [-0.2, 0) is 0 Å². The number of ether oxygens (including phenoxy) is 1. The molecule has 0 aromatic heterocycles. The predicted molar refractivity (Wildman–Crippen MR) is 45.3 cm³/mol. The zero-order valence-electron chi connectivity index (χ0n) is 6.98. The van der Waals surface area contributed by atoms with Gasteiger partial charge in [0.25, 0.3) is 0 Å². The van der Waals surface area contributed by atoms with Crippen LogP contribution in [0.4, 0.5) is 0 Å². The average Bonchev–Trinajstić information content (AvgIpc) is 2.16. The van der Waals surface area contributed by atoms with Crippen LogP contribution < -0.4 is 4.74 Å². The molecule has 0 saturated carbocycles. The molecule has 1 rings (SSSR count). The lowest BCUT2D eigenvalue weighted by molar-refractivity contribution is 0.0696. The topological polar surface area (TPSA) is 63.6 Å². The number of aldehydes is 1. The fraction of sp³-hybridized carbons (Fsp3) is 0.111. The summed E-state index contributed by atoms with van der Waals surface area (Å²) < 4.78 is 4.83. The highest BCUT2D eigenvalue weighted by molar-refractivity contribution is 5.90. The van der Waals surface area contributed by atoms with Gasteiger partial charge in [0.2, 0.25) is 0 Å². The molecule has 0 spiro atoms. The Morgan fingerprint density at radius 3 is 2.69 bits per heavy atom. The quantitative estimate of drug-likeness (QED) is 0.710. The maximum absolute atomic E-state index is 10.5. The summed E-state index contributed by atoms with van der Waals surface area (Å²) in [5.74, 6) is -0.773. The van der Waals surface area contributed by atoms with Crippen LogP contribution in [0.1, 0.15) is 20.7 Å². The van der Waals surface area contributed by atoms with Crippen molar-refractivity contribution in [2.24, 2.45) is 0 Å². The summed E-state index contributed by atoms with van der Waals surface area (Å²) >= 11 is 0. The lowest BCUT2D eigenvalue weighted by atomic mass is 10.1. The number of hydrogen-bond donors (Lipinski definition) is 1. The van der Waals surface area contributed by atoms with Crippen LogP contribution in [0.2, 0.25) is 0 Å². The molecule has 4 heteroatoms. The van der Waals surface area contributed by atoms with Gasteiger partial charge in [0.1, 0.15) is 5.75 Å². The van der Waals surface area contributed by atoms with Gasteiger partial charge in [-0.1, -0.05) is 0 Å². The molecule has 0 bridgehead atoms. The molecule has 0 aliphatic rings. The third-order valence-corrected chi connectivity index (χ3v) is 1.61. The number of methoxy groups -OCH3 is 1. The largest absolute Gasteiger partial charge is 0.496 e. The van der Waals surface area contributed by atoms with Crippen molar-refractivity contribution in [3.8, 4) is 5.75 Å². The molecule has 1 N–H and O–H groups in total. The molecule has 68 valence electrons. The fourth-order valence-electron chi connectivity index (χ4n) is 0.942. The van der Waals surface area contributed by atoms with Crippen molar-refractivity contribution in [3.63, 3.8) is 0 Å². The smallest absolute Gasteiger partial charge is 0.335 e. The molecular formula is C9H8O4. The van der Waals surface area contributed by atoms with Gasteiger partial charge in [-0.3, -0.25) is 4.79 Å². The minimum atomic E-state index is -1.05. The fourth-order valence-corrected chi connectivity index (χ4v) is 0.942. The molecule has 0 amide bonds. The van der Waals surface area contributed by atoms with Gasteiger partial charge in [-0.15, -0.1) is 0 Å². The molecule has 0 aliphatic heterocycles. The van der Waals surface area contributed by atoms with Crippen LogP contribution in [0.15, 0.2) is 18.2 Å². The lowest BCUT2D eigenvalue weighted by Crippen LogP contribution is -1.98.